The smallest absolute Gasteiger partial charge is 0.407 e. The van der Waals surface area contributed by atoms with Crippen LogP contribution in [0.5, 0.6) is 0 Å². The van der Waals surface area contributed by atoms with Crippen molar-refractivity contribution in [3.05, 3.63) is 59.7 Å². The van der Waals surface area contributed by atoms with Gasteiger partial charge in [0.2, 0.25) is 0 Å². The number of ether oxygens (including phenoxy) is 2. The van der Waals surface area contributed by atoms with Gasteiger partial charge in [-0.3, -0.25) is 9.59 Å². The standard InChI is InChI=1S/C27H30N2O6/c1-34-23(25(30)29-13-16-10-11-17(14-29)24(16)26(31)32)12-28-27(33)35-15-22-20-8-4-2-6-18(20)19-7-3-5-9-21(19)22/h2-9,16-17,22-24H,10-15H2,1H3,(H,28,33)(H,31,32). The van der Waals surface area contributed by atoms with E-state index in [0.29, 0.717) is 13.1 Å². The van der Waals surface area contributed by atoms with Gasteiger partial charge in [0, 0.05) is 26.1 Å². The van der Waals surface area contributed by atoms with Crippen molar-refractivity contribution < 1.29 is 29.0 Å². The molecule has 2 bridgehead atoms. The van der Waals surface area contributed by atoms with Gasteiger partial charge >= 0.3 is 12.1 Å². The number of hydrogen-bond acceptors (Lipinski definition) is 5. The Balaban J connectivity index is 1.16. The Bertz CT molecular complexity index is 1070. The zero-order chi connectivity index (χ0) is 24.5. The highest BCUT2D eigenvalue weighted by atomic mass is 16.5. The van der Waals surface area contributed by atoms with Crippen LogP contribution in [-0.2, 0) is 19.1 Å². The normalized spacial score (nSPS) is 23.3. The molecule has 2 aliphatic carbocycles. The summed E-state index contributed by atoms with van der Waals surface area (Å²) < 4.78 is 10.9. The van der Waals surface area contributed by atoms with Crippen molar-refractivity contribution in [2.75, 3.05) is 33.4 Å². The summed E-state index contributed by atoms with van der Waals surface area (Å²) in [4.78, 5) is 38.8. The molecule has 2 N–H and O–H groups in total. The highest BCUT2D eigenvalue weighted by Gasteiger charge is 2.47. The minimum absolute atomic E-state index is 0.0137. The number of carbonyl (C=O) groups is 3. The molecule has 0 spiro atoms. The highest BCUT2D eigenvalue weighted by molar-refractivity contribution is 5.83. The summed E-state index contributed by atoms with van der Waals surface area (Å²) in [6.45, 7) is 1.01. The molecule has 3 aliphatic rings. The van der Waals surface area contributed by atoms with E-state index in [4.69, 9.17) is 9.47 Å². The third-order valence-corrected chi connectivity index (χ3v) is 7.77. The van der Waals surface area contributed by atoms with Crippen LogP contribution in [0.3, 0.4) is 0 Å². The lowest BCUT2D eigenvalue weighted by atomic mass is 9.85. The van der Waals surface area contributed by atoms with Gasteiger partial charge in [0.15, 0.2) is 6.10 Å². The number of nitrogens with zero attached hydrogens (tertiary/aromatic N) is 1. The zero-order valence-corrected chi connectivity index (χ0v) is 19.7. The van der Waals surface area contributed by atoms with Crippen molar-refractivity contribution in [2.24, 2.45) is 17.8 Å². The van der Waals surface area contributed by atoms with Crippen LogP contribution in [0.1, 0.15) is 29.9 Å². The third kappa shape index (κ3) is 4.38. The van der Waals surface area contributed by atoms with Gasteiger partial charge in [-0.1, -0.05) is 48.5 Å². The number of carboxylic acid groups (broad SMARTS) is 1. The predicted molar refractivity (Wildman–Crippen MR) is 128 cm³/mol. The van der Waals surface area contributed by atoms with Gasteiger partial charge in [0.25, 0.3) is 5.91 Å². The van der Waals surface area contributed by atoms with E-state index in [0.717, 1.165) is 35.1 Å². The second-order valence-corrected chi connectivity index (χ2v) is 9.64. The number of carbonyl (C=O) groups excluding carboxylic acids is 2. The summed E-state index contributed by atoms with van der Waals surface area (Å²) in [5, 5.41) is 12.2. The molecule has 35 heavy (non-hydrogen) atoms. The average molecular weight is 479 g/mol. The molecule has 2 fully saturated rings. The van der Waals surface area contributed by atoms with Crippen molar-refractivity contribution in [3.63, 3.8) is 0 Å². The number of fused-ring (bicyclic) bond motifs is 5. The average Bonchev–Trinajstić information content (AvgIpc) is 3.34. The first kappa shape index (κ1) is 23.4. The quantitative estimate of drug-likeness (QED) is 0.634. The number of hydrogen-bond donors (Lipinski definition) is 2. The lowest BCUT2D eigenvalue weighted by Crippen LogP contribution is -2.52. The molecular weight excluding hydrogens is 448 g/mol. The van der Waals surface area contributed by atoms with E-state index in [-0.39, 0.29) is 42.7 Å². The number of carboxylic acids is 1. The molecule has 184 valence electrons. The van der Waals surface area contributed by atoms with Crippen LogP contribution in [0.15, 0.2) is 48.5 Å². The van der Waals surface area contributed by atoms with E-state index < -0.39 is 18.2 Å². The van der Waals surface area contributed by atoms with Crippen LogP contribution in [0.4, 0.5) is 4.79 Å². The zero-order valence-electron chi connectivity index (χ0n) is 19.7. The maximum atomic E-state index is 13.0. The van der Waals surface area contributed by atoms with Gasteiger partial charge in [-0.15, -0.1) is 0 Å². The fraction of sp³-hybridized carbons (Fsp3) is 0.444. The summed E-state index contributed by atoms with van der Waals surface area (Å²) in [5.41, 5.74) is 4.57. The van der Waals surface area contributed by atoms with Crippen LogP contribution in [0, 0.1) is 17.8 Å². The fourth-order valence-corrected chi connectivity index (χ4v) is 6.11. The molecule has 3 atom stereocenters. The lowest BCUT2D eigenvalue weighted by molar-refractivity contribution is -0.153. The summed E-state index contributed by atoms with van der Waals surface area (Å²) in [7, 11) is 1.43. The molecule has 5 rings (SSSR count). The first-order valence-electron chi connectivity index (χ1n) is 12.1. The Hall–Kier alpha value is -3.39. The first-order valence-corrected chi connectivity index (χ1v) is 12.1. The number of nitrogens with one attached hydrogen (secondary N) is 1. The Morgan fingerprint density at radius 1 is 1.00 bits per heavy atom. The fourth-order valence-electron chi connectivity index (χ4n) is 6.11. The molecule has 0 radical (unpaired) electrons. The molecule has 3 unspecified atom stereocenters. The Morgan fingerprint density at radius 3 is 2.11 bits per heavy atom. The highest BCUT2D eigenvalue weighted by Crippen LogP contribution is 2.44. The summed E-state index contributed by atoms with van der Waals surface area (Å²) in [5.74, 6) is -1.47. The predicted octanol–water partition coefficient (Wildman–Crippen LogP) is 3.11. The van der Waals surface area contributed by atoms with E-state index >= 15 is 0 Å². The monoisotopic (exact) mass is 478 g/mol. The molecule has 2 amide bonds. The molecule has 1 saturated heterocycles. The summed E-state index contributed by atoms with van der Waals surface area (Å²) >= 11 is 0. The molecule has 1 heterocycles. The molecule has 8 heteroatoms. The molecule has 2 aromatic rings. The van der Waals surface area contributed by atoms with E-state index in [1.165, 1.54) is 7.11 Å². The molecular formula is C27H30N2O6. The van der Waals surface area contributed by atoms with Crippen molar-refractivity contribution >= 4 is 18.0 Å². The minimum Gasteiger partial charge on any atom is -0.481 e. The van der Waals surface area contributed by atoms with Crippen molar-refractivity contribution in [2.45, 2.75) is 24.9 Å². The van der Waals surface area contributed by atoms with Crippen molar-refractivity contribution in [3.8, 4) is 11.1 Å². The third-order valence-electron chi connectivity index (χ3n) is 7.77. The topological polar surface area (TPSA) is 105 Å². The Morgan fingerprint density at radius 2 is 1.57 bits per heavy atom. The number of benzene rings is 2. The first-order chi connectivity index (χ1) is 17.0. The van der Waals surface area contributed by atoms with Crippen LogP contribution in [-0.4, -0.2) is 67.4 Å². The summed E-state index contributed by atoms with van der Waals surface area (Å²) in [6, 6.07) is 16.2. The van der Waals surface area contributed by atoms with Crippen LogP contribution in [0.2, 0.25) is 0 Å². The van der Waals surface area contributed by atoms with Crippen LogP contribution in [0.25, 0.3) is 11.1 Å². The number of piperidine rings is 1. The number of rotatable bonds is 7. The Labute approximate surface area is 204 Å². The van der Waals surface area contributed by atoms with Gasteiger partial charge in [0.1, 0.15) is 6.61 Å². The number of amides is 2. The number of aliphatic carboxylic acids is 1. The maximum absolute atomic E-state index is 13.0. The van der Waals surface area contributed by atoms with Gasteiger partial charge in [-0.2, -0.15) is 0 Å². The molecule has 1 saturated carbocycles. The van der Waals surface area contributed by atoms with Gasteiger partial charge in [-0.05, 0) is 46.9 Å². The number of likely N-dealkylation sites (tertiary alicyclic amines) is 1. The van der Waals surface area contributed by atoms with Crippen molar-refractivity contribution in [1.82, 2.24) is 10.2 Å². The van der Waals surface area contributed by atoms with E-state index in [2.05, 4.69) is 29.6 Å². The van der Waals surface area contributed by atoms with Gasteiger partial charge in [-0.25, -0.2) is 4.79 Å². The number of methoxy groups -OCH3 is 1. The van der Waals surface area contributed by atoms with Crippen LogP contribution < -0.4 is 5.32 Å². The largest absolute Gasteiger partial charge is 0.481 e. The maximum Gasteiger partial charge on any atom is 0.407 e. The van der Waals surface area contributed by atoms with E-state index in [1.54, 1.807) is 4.90 Å². The van der Waals surface area contributed by atoms with Crippen LogP contribution >= 0.6 is 0 Å². The SMILES string of the molecule is COC(CNC(=O)OCC1c2ccccc2-c2ccccc21)C(=O)N1CC2CCC(C1)C2C(=O)O. The Kier molecular flexibility index (Phi) is 6.47. The number of alkyl carbamates (subject to hydrolysis) is 1. The second-order valence-electron chi connectivity index (χ2n) is 9.64. The molecule has 8 nitrogen and oxygen atoms in total. The van der Waals surface area contributed by atoms with Crippen molar-refractivity contribution in [1.29, 1.82) is 0 Å². The van der Waals surface area contributed by atoms with E-state index in [9.17, 15) is 19.5 Å². The molecule has 1 aliphatic heterocycles. The molecule has 0 aromatic heterocycles. The van der Waals surface area contributed by atoms with Gasteiger partial charge < -0.3 is 24.8 Å². The second kappa shape index (κ2) is 9.70. The summed E-state index contributed by atoms with van der Waals surface area (Å²) in [6.07, 6.45) is 0.185. The van der Waals surface area contributed by atoms with E-state index in [1.807, 2.05) is 24.3 Å². The lowest BCUT2D eigenvalue weighted by Gasteiger charge is -2.37. The van der Waals surface area contributed by atoms with Gasteiger partial charge in [0.05, 0.1) is 12.5 Å². The minimum atomic E-state index is -0.851. The molecule has 2 aromatic carbocycles.